The second kappa shape index (κ2) is 10.3. The summed E-state index contributed by atoms with van der Waals surface area (Å²) in [5.74, 6) is -10.1. The molecule has 5 aromatic rings. The molecule has 8 rings (SSSR count). The van der Waals surface area contributed by atoms with E-state index in [4.69, 9.17) is 4.74 Å². The molecule has 2 aliphatic carbocycles. The average molecular weight is 653 g/mol. The van der Waals surface area contributed by atoms with Gasteiger partial charge in [-0.3, -0.25) is 9.59 Å². The molecule has 0 bridgehead atoms. The molecule has 4 heterocycles. The Hall–Kier alpha value is -5.41. The molecule has 11 nitrogen and oxygen atoms in total. The normalized spacial score (nSPS) is 16.6. The molecule has 16 heteroatoms. The minimum absolute atomic E-state index is 0.164. The number of anilines is 1. The third-order valence-electron chi connectivity index (χ3n) is 8.84. The van der Waals surface area contributed by atoms with Crippen LogP contribution in [-0.2, 0) is 4.74 Å². The van der Waals surface area contributed by atoms with Gasteiger partial charge in [0, 0.05) is 43.8 Å². The molecular formula is C31H21F5N6O5. The van der Waals surface area contributed by atoms with Crippen molar-refractivity contribution in [2.75, 3.05) is 18.0 Å². The van der Waals surface area contributed by atoms with Gasteiger partial charge in [-0.2, -0.15) is 0 Å². The van der Waals surface area contributed by atoms with E-state index in [2.05, 4.69) is 10.3 Å². The molecule has 0 unspecified atom stereocenters. The number of nitrogens with zero attached hydrogens (tertiary/aromatic N) is 6. The third-order valence-corrected chi connectivity index (χ3v) is 8.84. The molecule has 240 valence electrons. The van der Waals surface area contributed by atoms with E-state index in [0.29, 0.717) is 31.7 Å². The van der Waals surface area contributed by atoms with Crippen molar-refractivity contribution < 1.29 is 36.3 Å². The summed E-state index contributed by atoms with van der Waals surface area (Å²) in [4.78, 5) is 54.5. The van der Waals surface area contributed by atoms with Gasteiger partial charge in [-0.25, -0.2) is 36.2 Å². The molecule has 3 aromatic heterocycles. The Morgan fingerprint density at radius 1 is 0.723 bits per heavy atom. The van der Waals surface area contributed by atoms with Gasteiger partial charge in [-0.15, -0.1) is 5.10 Å². The SMILES string of the molecule is O=C(OC(=O)c1cn(C2CC2)c2c(F)c(N3CC(n4ccnn4)C3)c(F)cc2c1=O)c1cn(C2CC2)c2c(F)c(F)c(F)cc2c1=O. The molecule has 0 amide bonds. The Morgan fingerprint density at radius 2 is 1.26 bits per heavy atom. The second-order valence-corrected chi connectivity index (χ2v) is 11.9. The smallest absolute Gasteiger partial charge is 0.351 e. The van der Waals surface area contributed by atoms with Crippen molar-refractivity contribution in [3.8, 4) is 0 Å². The largest absolute Gasteiger partial charge is 0.385 e. The Kier molecular flexibility index (Phi) is 6.36. The topological polar surface area (TPSA) is 121 Å². The summed E-state index contributed by atoms with van der Waals surface area (Å²) in [7, 11) is 0. The lowest BCUT2D eigenvalue weighted by molar-refractivity contribution is 0.0395. The number of aromatic nitrogens is 5. The molecule has 3 aliphatic rings. The molecule has 0 N–H and O–H groups in total. The van der Waals surface area contributed by atoms with Crippen molar-refractivity contribution in [1.29, 1.82) is 0 Å². The van der Waals surface area contributed by atoms with Crippen LogP contribution in [0, 0.1) is 29.1 Å². The number of carbonyl (C=O) groups excluding carboxylic acids is 2. The zero-order valence-corrected chi connectivity index (χ0v) is 24.1. The average Bonchev–Trinajstić information content (AvgIpc) is 3.96. The highest BCUT2D eigenvalue weighted by molar-refractivity contribution is 6.05. The van der Waals surface area contributed by atoms with E-state index in [0.717, 1.165) is 23.0 Å². The van der Waals surface area contributed by atoms with Crippen LogP contribution in [0.15, 0.2) is 46.5 Å². The van der Waals surface area contributed by atoms with Crippen LogP contribution in [0.5, 0.6) is 0 Å². The summed E-state index contributed by atoms with van der Waals surface area (Å²) in [6.45, 7) is 0.461. The Labute approximate surface area is 259 Å². The minimum atomic E-state index is -1.79. The van der Waals surface area contributed by atoms with E-state index < -0.39 is 85.3 Å². The monoisotopic (exact) mass is 652 g/mol. The van der Waals surface area contributed by atoms with Crippen LogP contribution >= 0.6 is 0 Å². The number of hydrogen-bond donors (Lipinski definition) is 0. The lowest BCUT2D eigenvalue weighted by atomic mass is 10.0. The Balaban J connectivity index is 1.16. The van der Waals surface area contributed by atoms with Crippen molar-refractivity contribution in [1.82, 2.24) is 24.1 Å². The number of pyridine rings is 2. The highest BCUT2D eigenvalue weighted by Crippen LogP contribution is 2.41. The van der Waals surface area contributed by atoms with Gasteiger partial charge in [0.15, 0.2) is 23.3 Å². The zero-order chi connectivity index (χ0) is 32.9. The third kappa shape index (κ3) is 4.52. The fourth-order valence-electron chi connectivity index (χ4n) is 6.12. The van der Waals surface area contributed by atoms with Crippen LogP contribution in [0.3, 0.4) is 0 Å². The maximum atomic E-state index is 16.1. The van der Waals surface area contributed by atoms with Gasteiger partial charge >= 0.3 is 11.9 Å². The van der Waals surface area contributed by atoms with Gasteiger partial charge in [-0.05, 0) is 37.8 Å². The number of halogens is 5. The Morgan fingerprint density at radius 3 is 1.77 bits per heavy atom. The van der Waals surface area contributed by atoms with Crippen LogP contribution in [0.2, 0.25) is 0 Å². The van der Waals surface area contributed by atoms with E-state index in [9.17, 15) is 32.3 Å². The molecule has 1 saturated heterocycles. The quantitative estimate of drug-likeness (QED) is 0.115. The summed E-state index contributed by atoms with van der Waals surface area (Å²) >= 11 is 0. The number of fused-ring (bicyclic) bond motifs is 2. The summed E-state index contributed by atoms with van der Waals surface area (Å²) in [5, 5.41) is 6.54. The first kappa shape index (κ1) is 29.0. The lowest BCUT2D eigenvalue weighted by Gasteiger charge is -2.41. The van der Waals surface area contributed by atoms with Crippen LogP contribution in [-0.4, -0.2) is 49.2 Å². The fourth-order valence-corrected chi connectivity index (χ4v) is 6.12. The standard InChI is InChI=1S/C31H21F5N6O5/c32-20-7-16-25(23(35)22(20)34)40(13-1-2-13)11-18(28(16)43)30(45)47-31(46)19-12-41(14-3-4-14)26-17(29(19)44)8-21(33)27(24(26)36)39-9-15(10-39)42-6-5-37-38-42/h5-8,11-15H,1-4,9-10H2. The van der Waals surface area contributed by atoms with Crippen molar-refractivity contribution in [3.05, 3.63) is 97.6 Å². The first-order chi connectivity index (χ1) is 22.5. The molecule has 0 spiro atoms. The molecule has 2 aromatic carbocycles. The molecule has 3 fully saturated rings. The first-order valence-corrected chi connectivity index (χ1v) is 14.7. The summed E-state index contributed by atoms with van der Waals surface area (Å²) in [5.41, 5.74) is -4.96. The van der Waals surface area contributed by atoms with E-state index in [1.165, 1.54) is 15.7 Å². The van der Waals surface area contributed by atoms with Crippen molar-refractivity contribution in [3.63, 3.8) is 0 Å². The predicted octanol–water partition coefficient (Wildman–Crippen LogP) is 4.33. The number of ether oxygens (including phenoxy) is 1. The number of rotatable bonds is 6. The van der Waals surface area contributed by atoms with Crippen LogP contribution in [0.4, 0.5) is 27.6 Å². The van der Waals surface area contributed by atoms with Crippen LogP contribution in [0.25, 0.3) is 21.8 Å². The van der Waals surface area contributed by atoms with Crippen molar-refractivity contribution >= 4 is 39.4 Å². The van der Waals surface area contributed by atoms with E-state index in [1.807, 2.05) is 0 Å². The molecule has 0 atom stereocenters. The molecule has 1 aliphatic heterocycles. The van der Waals surface area contributed by atoms with Crippen molar-refractivity contribution in [2.24, 2.45) is 0 Å². The number of esters is 2. The maximum Gasteiger partial charge on any atom is 0.351 e. The molecule has 0 radical (unpaired) electrons. The van der Waals surface area contributed by atoms with E-state index >= 15 is 8.78 Å². The van der Waals surface area contributed by atoms with Gasteiger partial charge < -0.3 is 18.8 Å². The summed E-state index contributed by atoms with van der Waals surface area (Å²) in [6.07, 6.45) is 7.19. The van der Waals surface area contributed by atoms with Gasteiger partial charge in [0.05, 0.1) is 34.0 Å². The number of carbonyl (C=O) groups is 2. The molecular weight excluding hydrogens is 631 g/mol. The molecule has 2 saturated carbocycles. The van der Waals surface area contributed by atoms with Gasteiger partial charge in [-0.1, -0.05) is 5.21 Å². The van der Waals surface area contributed by atoms with Crippen LogP contribution < -0.4 is 15.8 Å². The number of benzene rings is 2. The van der Waals surface area contributed by atoms with Gasteiger partial charge in [0.1, 0.15) is 22.6 Å². The highest BCUT2D eigenvalue weighted by atomic mass is 19.2. The first-order valence-electron chi connectivity index (χ1n) is 14.7. The predicted molar refractivity (Wildman–Crippen MR) is 154 cm³/mol. The Bertz CT molecular complexity index is 2310. The maximum absolute atomic E-state index is 16.1. The minimum Gasteiger partial charge on any atom is -0.385 e. The fraction of sp³-hybridized carbons (Fsp3) is 0.290. The zero-order valence-electron chi connectivity index (χ0n) is 24.1. The van der Waals surface area contributed by atoms with E-state index in [1.54, 1.807) is 10.9 Å². The summed E-state index contributed by atoms with van der Waals surface area (Å²) in [6, 6.07) is 0.366. The second-order valence-electron chi connectivity index (χ2n) is 11.9. The van der Waals surface area contributed by atoms with E-state index in [-0.39, 0.29) is 36.4 Å². The molecule has 47 heavy (non-hydrogen) atoms. The van der Waals surface area contributed by atoms with Crippen LogP contribution in [0.1, 0.15) is 64.5 Å². The summed E-state index contributed by atoms with van der Waals surface area (Å²) < 4.78 is 83.2. The van der Waals surface area contributed by atoms with Crippen molar-refractivity contribution in [2.45, 2.75) is 43.8 Å². The van der Waals surface area contributed by atoms with Gasteiger partial charge in [0.25, 0.3) is 0 Å². The lowest BCUT2D eigenvalue weighted by Crippen LogP contribution is -2.49. The highest BCUT2D eigenvalue weighted by Gasteiger charge is 2.37. The number of hydrogen-bond acceptors (Lipinski definition) is 8. The van der Waals surface area contributed by atoms with Gasteiger partial charge in [0.2, 0.25) is 10.9 Å².